The van der Waals surface area contributed by atoms with Crippen molar-refractivity contribution >= 4 is 18.3 Å². The van der Waals surface area contributed by atoms with Crippen molar-refractivity contribution in [1.82, 2.24) is 9.80 Å². The first kappa shape index (κ1) is 25.3. The predicted molar refractivity (Wildman–Crippen MR) is 122 cm³/mol. The molecule has 0 aromatic heterocycles. The number of benzene rings is 2. The van der Waals surface area contributed by atoms with Gasteiger partial charge in [0.15, 0.2) is 0 Å². The first-order valence-electron chi connectivity index (χ1n) is 11.1. The van der Waals surface area contributed by atoms with Gasteiger partial charge in [0.25, 0.3) is 12.4 Å². The quantitative estimate of drug-likeness (QED) is 0.643. The number of halogens is 1. The van der Waals surface area contributed by atoms with Crippen LogP contribution in [0.1, 0.15) is 27.0 Å². The van der Waals surface area contributed by atoms with Crippen LogP contribution < -0.4 is 0 Å². The van der Waals surface area contributed by atoms with Crippen molar-refractivity contribution in [2.75, 3.05) is 39.4 Å². The van der Waals surface area contributed by atoms with Crippen molar-refractivity contribution in [2.45, 2.75) is 19.4 Å². The van der Waals surface area contributed by atoms with Crippen LogP contribution in [0.15, 0.2) is 42.5 Å². The maximum absolute atomic E-state index is 14.0. The number of nitrogens with zero attached hydrogens (tertiary/aromatic N) is 2. The van der Waals surface area contributed by atoms with Crippen molar-refractivity contribution in [1.29, 1.82) is 0 Å². The molecule has 2 aliphatic rings. The summed E-state index contributed by atoms with van der Waals surface area (Å²) in [4.78, 5) is 36.9. The Morgan fingerprint density at radius 3 is 2.59 bits per heavy atom. The number of amides is 1. The van der Waals surface area contributed by atoms with Crippen LogP contribution in [-0.4, -0.2) is 83.8 Å². The Morgan fingerprint density at radius 1 is 1.15 bits per heavy atom. The van der Waals surface area contributed by atoms with Gasteiger partial charge in [-0.3, -0.25) is 19.3 Å². The van der Waals surface area contributed by atoms with Crippen molar-refractivity contribution in [3.8, 4) is 0 Å². The van der Waals surface area contributed by atoms with Crippen LogP contribution in [0.4, 0.5) is 4.39 Å². The maximum Gasteiger partial charge on any atom is 0.317 e. The lowest BCUT2D eigenvalue weighted by Gasteiger charge is -2.31. The van der Waals surface area contributed by atoms with E-state index in [1.54, 1.807) is 13.0 Å². The monoisotopic (exact) mass is 472 g/mol. The highest BCUT2D eigenvalue weighted by atomic mass is 19.1. The molecule has 2 fully saturated rings. The van der Waals surface area contributed by atoms with E-state index in [0.717, 1.165) is 11.1 Å². The van der Waals surface area contributed by atoms with Crippen LogP contribution in [0.2, 0.25) is 0 Å². The molecule has 0 spiro atoms. The van der Waals surface area contributed by atoms with Gasteiger partial charge in [-0.1, -0.05) is 30.3 Å². The highest BCUT2D eigenvalue weighted by Crippen LogP contribution is 2.23. The fourth-order valence-corrected chi connectivity index (χ4v) is 4.48. The zero-order chi connectivity index (χ0) is 24.7. The second-order valence-corrected chi connectivity index (χ2v) is 8.61. The smallest absolute Gasteiger partial charge is 0.317 e. The van der Waals surface area contributed by atoms with Gasteiger partial charge in [0.05, 0.1) is 25.8 Å². The van der Waals surface area contributed by atoms with Crippen LogP contribution >= 0.6 is 0 Å². The zero-order valence-electron chi connectivity index (χ0n) is 19.0. The van der Waals surface area contributed by atoms with Gasteiger partial charge in [0.1, 0.15) is 5.82 Å². The Bertz CT molecular complexity index is 1030. The van der Waals surface area contributed by atoms with E-state index in [2.05, 4.69) is 0 Å². The number of rotatable bonds is 5. The minimum absolute atomic E-state index is 0.0534. The number of carbonyl (C=O) groups excluding carboxylic acids is 1. The van der Waals surface area contributed by atoms with Crippen LogP contribution in [-0.2, 0) is 20.7 Å². The molecule has 0 aliphatic carbocycles. The molecule has 0 saturated carbocycles. The predicted octanol–water partition coefficient (Wildman–Crippen LogP) is 2.28. The first-order chi connectivity index (χ1) is 16.3. The lowest BCUT2D eigenvalue weighted by atomic mass is 9.97. The molecule has 182 valence electrons. The summed E-state index contributed by atoms with van der Waals surface area (Å²) in [5.74, 6) is -1.13. The molecule has 9 heteroatoms. The second kappa shape index (κ2) is 11.7. The molecule has 1 amide bonds. The Kier molecular flexibility index (Phi) is 8.72. The highest BCUT2D eigenvalue weighted by Gasteiger charge is 2.36. The standard InChI is InChI=1S/C24H27FN2O4.CH2O2/c1-16-6-7-17(9-22(16)25)8-19-4-2-3-5-21(19)24(30)27-11-18-10-26(13-23(28)29)20(12-27)15-31-14-18;2-1-3/h2-7,9,18,20H,8,10-15H2,1H3,(H,28,29);1H,(H,2,3)/t18-,20+;/m1./s1. The van der Waals surface area contributed by atoms with E-state index in [1.807, 2.05) is 40.1 Å². The fraction of sp³-hybridized carbons (Fsp3) is 0.400. The fourth-order valence-electron chi connectivity index (χ4n) is 4.48. The number of fused-ring (bicyclic) bond motifs is 3. The molecule has 8 nitrogen and oxygen atoms in total. The van der Waals surface area contributed by atoms with Crippen molar-refractivity contribution in [3.63, 3.8) is 0 Å². The summed E-state index contributed by atoms with van der Waals surface area (Å²) in [5.41, 5.74) is 2.87. The lowest BCUT2D eigenvalue weighted by Crippen LogP contribution is -2.47. The zero-order valence-corrected chi connectivity index (χ0v) is 19.0. The van der Waals surface area contributed by atoms with Crippen LogP contribution in [0.25, 0.3) is 0 Å². The van der Waals surface area contributed by atoms with Gasteiger partial charge >= 0.3 is 5.97 Å². The van der Waals surface area contributed by atoms with Crippen molar-refractivity contribution in [2.24, 2.45) is 5.92 Å². The van der Waals surface area contributed by atoms with Crippen LogP contribution in [0.5, 0.6) is 0 Å². The molecule has 4 rings (SSSR count). The molecule has 2 bridgehead atoms. The van der Waals surface area contributed by atoms with Crippen molar-refractivity contribution in [3.05, 3.63) is 70.5 Å². The highest BCUT2D eigenvalue weighted by molar-refractivity contribution is 5.96. The van der Waals surface area contributed by atoms with Crippen molar-refractivity contribution < 1.29 is 33.7 Å². The summed E-state index contributed by atoms with van der Waals surface area (Å²) in [6.45, 7) is 3.91. The topological polar surface area (TPSA) is 107 Å². The molecular formula is C25H29FN2O6. The molecule has 2 N–H and O–H groups in total. The molecule has 2 atom stereocenters. The van der Waals surface area contributed by atoms with Crippen LogP contribution in [0, 0.1) is 18.7 Å². The summed E-state index contributed by atoms with van der Waals surface area (Å²) < 4.78 is 19.7. The maximum atomic E-state index is 14.0. The van der Waals surface area contributed by atoms with Gasteiger partial charge in [-0.05, 0) is 42.2 Å². The SMILES string of the molecule is Cc1ccc(Cc2ccccc2C(=O)N2C[C@@H]3COC[C@H](C2)N(CC(=O)O)C3)cc1F.O=CO. The number of hydrogen-bond acceptors (Lipinski definition) is 5. The third-order valence-electron chi connectivity index (χ3n) is 6.09. The number of carboxylic acid groups (broad SMARTS) is 2. The van der Waals surface area contributed by atoms with E-state index in [0.29, 0.717) is 50.4 Å². The molecule has 34 heavy (non-hydrogen) atoms. The summed E-state index contributed by atoms with van der Waals surface area (Å²) in [5, 5.41) is 16.1. The molecule has 2 heterocycles. The van der Waals surface area contributed by atoms with E-state index in [9.17, 15) is 19.1 Å². The van der Waals surface area contributed by atoms with Gasteiger partial charge in [-0.25, -0.2) is 4.39 Å². The summed E-state index contributed by atoms with van der Waals surface area (Å²) in [6, 6.07) is 12.5. The minimum atomic E-state index is -0.874. The third-order valence-corrected chi connectivity index (χ3v) is 6.09. The number of ether oxygens (including phenoxy) is 1. The molecule has 2 aromatic carbocycles. The summed E-state index contributed by atoms with van der Waals surface area (Å²) in [6.07, 6.45) is 0.466. The number of hydrogen-bond donors (Lipinski definition) is 2. The number of aliphatic carboxylic acids is 1. The molecule has 2 aromatic rings. The van der Waals surface area contributed by atoms with Gasteiger partial charge in [-0.2, -0.15) is 0 Å². The Hall–Kier alpha value is -3.30. The average molecular weight is 473 g/mol. The number of carbonyl (C=O) groups is 3. The van der Waals surface area contributed by atoms with Gasteiger partial charge in [0, 0.05) is 31.1 Å². The summed E-state index contributed by atoms with van der Waals surface area (Å²) >= 11 is 0. The van der Waals surface area contributed by atoms with E-state index < -0.39 is 5.97 Å². The van der Waals surface area contributed by atoms with Gasteiger partial charge < -0.3 is 19.8 Å². The first-order valence-corrected chi connectivity index (χ1v) is 11.1. The van der Waals surface area contributed by atoms with Gasteiger partial charge in [-0.15, -0.1) is 0 Å². The molecule has 2 saturated heterocycles. The molecule has 0 unspecified atom stereocenters. The summed E-state index contributed by atoms with van der Waals surface area (Å²) in [7, 11) is 0. The Balaban J connectivity index is 0.00000103. The Morgan fingerprint density at radius 2 is 1.88 bits per heavy atom. The number of carboxylic acids is 1. The molecular weight excluding hydrogens is 443 g/mol. The van der Waals surface area contributed by atoms with E-state index >= 15 is 0 Å². The second-order valence-electron chi connectivity index (χ2n) is 8.61. The van der Waals surface area contributed by atoms with Crippen LogP contribution in [0.3, 0.4) is 0 Å². The van der Waals surface area contributed by atoms with E-state index in [-0.39, 0.29) is 36.7 Å². The van der Waals surface area contributed by atoms with E-state index in [4.69, 9.17) is 14.6 Å². The van der Waals surface area contributed by atoms with Gasteiger partial charge in [0.2, 0.25) is 0 Å². The Labute approximate surface area is 197 Å². The number of aryl methyl sites for hydroxylation is 1. The average Bonchev–Trinajstić information content (AvgIpc) is 3.06. The lowest BCUT2D eigenvalue weighted by molar-refractivity contribution is -0.139. The normalized spacial score (nSPS) is 20.0. The minimum Gasteiger partial charge on any atom is -0.483 e. The largest absolute Gasteiger partial charge is 0.483 e. The molecule has 0 radical (unpaired) electrons. The molecule has 2 aliphatic heterocycles. The third kappa shape index (κ3) is 6.39. The van der Waals surface area contributed by atoms with E-state index in [1.165, 1.54) is 6.07 Å².